The molecule has 204 valence electrons. The average molecular weight is 519 g/mol. The normalized spacial score (nSPS) is 12.5. The molecule has 0 aliphatic rings. The molecule has 1 atom stereocenters. The summed E-state index contributed by atoms with van der Waals surface area (Å²) < 4.78 is 14.7. The molecule has 0 aliphatic heterocycles. The van der Waals surface area contributed by atoms with E-state index in [1.807, 2.05) is 27.7 Å². The Morgan fingerprint density at radius 1 is 1.05 bits per heavy atom. The molecule has 0 saturated heterocycles. The number of aryl methyl sites for hydroxylation is 4. The maximum Gasteiger partial charge on any atom is 0.326 e. The van der Waals surface area contributed by atoms with Crippen LogP contribution in [0.15, 0.2) is 36.4 Å². The Bertz CT molecular complexity index is 1280. The average Bonchev–Trinajstić information content (AvgIpc) is 2.90. The fourth-order valence-corrected chi connectivity index (χ4v) is 4.82. The molecular formula is C32H43N3O3. The van der Waals surface area contributed by atoms with Crippen LogP contribution < -0.4 is 9.64 Å². The maximum absolute atomic E-state index is 12.4. The van der Waals surface area contributed by atoms with E-state index in [2.05, 4.69) is 64.1 Å². The Kier molecular flexibility index (Phi) is 9.03. The van der Waals surface area contributed by atoms with E-state index in [0.29, 0.717) is 28.8 Å². The summed E-state index contributed by atoms with van der Waals surface area (Å²) in [5.41, 5.74) is 6.87. The summed E-state index contributed by atoms with van der Waals surface area (Å²) in [5.74, 6) is 0.922. The predicted octanol–water partition coefficient (Wildman–Crippen LogP) is 7.13. The van der Waals surface area contributed by atoms with Gasteiger partial charge >= 0.3 is 5.97 Å². The van der Waals surface area contributed by atoms with Gasteiger partial charge in [-0.1, -0.05) is 71.9 Å². The lowest BCUT2D eigenvalue weighted by atomic mass is 9.96. The summed E-state index contributed by atoms with van der Waals surface area (Å²) in [4.78, 5) is 23.9. The maximum atomic E-state index is 12.4. The van der Waals surface area contributed by atoms with Gasteiger partial charge in [-0.2, -0.15) is 0 Å². The molecule has 0 amide bonds. The van der Waals surface area contributed by atoms with Crippen molar-refractivity contribution in [2.45, 2.75) is 86.8 Å². The molecule has 38 heavy (non-hydrogen) atoms. The molecule has 0 unspecified atom stereocenters. The molecule has 1 N–H and O–H groups in total. The summed E-state index contributed by atoms with van der Waals surface area (Å²) in [6, 6.07) is 11.5. The first-order valence-electron chi connectivity index (χ1n) is 14.2. The zero-order valence-electron chi connectivity index (χ0n) is 25.1. The number of aliphatic carboxylic acids is 1. The molecule has 0 bridgehead atoms. The molecule has 6 heteroatoms. The van der Waals surface area contributed by atoms with Gasteiger partial charge in [0.15, 0.2) is 5.82 Å². The summed E-state index contributed by atoms with van der Waals surface area (Å²) in [6.07, 6.45) is 1.65. The highest BCUT2D eigenvalue weighted by atomic mass is 16.5. The van der Waals surface area contributed by atoms with E-state index in [1.165, 1.54) is 5.56 Å². The zero-order chi connectivity index (χ0) is 28.9. The van der Waals surface area contributed by atoms with Crippen molar-refractivity contribution in [2.75, 3.05) is 11.9 Å². The lowest BCUT2D eigenvalue weighted by molar-refractivity contribution is -0.139. The van der Waals surface area contributed by atoms with E-state index in [4.69, 9.17) is 16.1 Å². The van der Waals surface area contributed by atoms with Gasteiger partial charge in [0.2, 0.25) is 0 Å². The van der Waals surface area contributed by atoms with Crippen molar-refractivity contribution in [3.05, 3.63) is 69.9 Å². The van der Waals surface area contributed by atoms with Crippen LogP contribution in [0.5, 0.6) is 5.75 Å². The number of rotatable bonds is 11. The van der Waals surface area contributed by atoms with Crippen molar-refractivity contribution >= 4 is 11.8 Å². The van der Waals surface area contributed by atoms with Gasteiger partial charge < -0.3 is 14.7 Å². The highest BCUT2D eigenvalue weighted by Crippen LogP contribution is 2.33. The van der Waals surface area contributed by atoms with Crippen LogP contribution in [0.4, 0.5) is 5.82 Å². The minimum Gasteiger partial charge on any atom is -0.488 e. The van der Waals surface area contributed by atoms with E-state index < -0.39 is 12.0 Å². The third-order valence-electron chi connectivity index (χ3n) is 7.16. The molecule has 6 nitrogen and oxygen atoms in total. The fraction of sp³-hybridized carbons (Fsp3) is 0.469. The lowest BCUT2D eigenvalue weighted by Crippen LogP contribution is -2.43. The first-order valence-corrected chi connectivity index (χ1v) is 13.5. The van der Waals surface area contributed by atoms with Crippen molar-refractivity contribution in [2.24, 2.45) is 5.92 Å². The van der Waals surface area contributed by atoms with Gasteiger partial charge in [0.05, 0.1) is 11.3 Å². The predicted molar refractivity (Wildman–Crippen MR) is 155 cm³/mol. The fourth-order valence-electron chi connectivity index (χ4n) is 4.82. The van der Waals surface area contributed by atoms with Gasteiger partial charge in [0, 0.05) is 14.0 Å². The summed E-state index contributed by atoms with van der Waals surface area (Å²) in [7, 11) is -0.254. The molecule has 0 saturated carbocycles. The quantitative estimate of drug-likeness (QED) is 0.291. The van der Waals surface area contributed by atoms with Gasteiger partial charge in [0.1, 0.15) is 24.2 Å². The number of carbonyl (C=O) groups is 1. The Balaban J connectivity index is 2.22. The molecule has 3 aromatic rings. The van der Waals surface area contributed by atoms with E-state index in [1.54, 1.807) is 4.90 Å². The Hall–Kier alpha value is -3.41. The van der Waals surface area contributed by atoms with Crippen molar-refractivity contribution in [1.29, 1.82) is 0 Å². The number of carboxylic acid groups (broad SMARTS) is 1. The molecule has 0 spiro atoms. The van der Waals surface area contributed by atoms with Crippen LogP contribution in [0, 0.1) is 19.8 Å². The van der Waals surface area contributed by atoms with Gasteiger partial charge in [-0.3, -0.25) is 0 Å². The van der Waals surface area contributed by atoms with Crippen LogP contribution in [0.2, 0.25) is 0 Å². The number of likely N-dealkylation sites (N-methyl/N-ethyl adjacent to an activating group) is 1. The van der Waals surface area contributed by atoms with Crippen LogP contribution in [-0.4, -0.2) is 34.1 Å². The second kappa shape index (κ2) is 12.4. The number of anilines is 1. The molecular weight excluding hydrogens is 474 g/mol. The van der Waals surface area contributed by atoms with Crippen LogP contribution in [-0.2, 0) is 24.2 Å². The Labute approximate surface area is 229 Å². The second-order valence-electron chi connectivity index (χ2n) is 10.6. The van der Waals surface area contributed by atoms with E-state index in [-0.39, 0.29) is 19.5 Å². The van der Waals surface area contributed by atoms with Crippen molar-refractivity contribution in [1.82, 2.24) is 9.97 Å². The first-order chi connectivity index (χ1) is 18.5. The minimum absolute atomic E-state index is 0.167. The molecule has 1 heterocycles. The smallest absolute Gasteiger partial charge is 0.326 e. The highest BCUT2D eigenvalue weighted by Gasteiger charge is 2.30. The van der Waals surface area contributed by atoms with Crippen molar-refractivity contribution in [3.63, 3.8) is 0 Å². The number of ether oxygens (including phenoxy) is 1. The number of aromatic nitrogens is 2. The number of benzene rings is 2. The number of hydrogen-bond acceptors (Lipinski definition) is 5. The molecule has 0 aliphatic carbocycles. The molecule has 0 fully saturated rings. The van der Waals surface area contributed by atoms with Crippen molar-refractivity contribution < 1.29 is 16.0 Å². The van der Waals surface area contributed by atoms with Gasteiger partial charge in [-0.25, -0.2) is 14.8 Å². The molecule has 1 aromatic heterocycles. The monoisotopic (exact) mass is 518 g/mol. The highest BCUT2D eigenvalue weighted by molar-refractivity contribution is 5.79. The largest absolute Gasteiger partial charge is 0.488 e. The zero-order valence-corrected chi connectivity index (χ0v) is 24.1. The van der Waals surface area contributed by atoms with Gasteiger partial charge in [-0.15, -0.1) is 0 Å². The van der Waals surface area contributed by atoms with Crippen LogP contribution >= 0.6 is 0 Å². The topological polar surface area (TPSA) is 75.5 Å². The van der Waals surface area contributed by atoms with Crippen LogP contribution in [0.1, 0.15) is 82.3 Å². The van der Waals surface area contributed by atoms with E-state index in [9.17, 15) is 9.90 Å². The summed E-state index contributed by atoms with van der Waals surface area (Å²) >= 11 is 0. The number of carboxylic acids is 1. The molecule has 2 aromatic carbocycles. The summed E-state index contributed by atoms with van der Waals surface area (Å²) in [5, 5.41) is 10.1. The van der Waals surface area contributed by atoms with E-state index in [0.717, 1.165) is 40.8 Å². The lowest BCUT2D eigenvalue weighted by Gasteiger charge is -2.31. The van der Waals surface area contributed by atoms with Gasteiger partial charge in [-0.05, 0) is 66.8 Å². The molecule has 3 rings (SSSR count). The SMILES string of the molecule is [2H]CN(c1nc(-c2c(CC)cccc2CC)nc(C)c1COc1cc(C(C)C)ccc1C)[C@H](C(=O)O)C(C)C. The summed E-state index contributed by atoms with van der Waals surface area (Å²) in [6.45, 7) is 16.3. The van der Waals surface area contributed by atoms with E-state index >= 15 is 0 Å². The first kappa shape index (κ1) is 27.6. The minimum atomic E-state index is -0.981. The standard InChI is InChI=1S/C32H43N3O3/c1-10-23-13-12-14-24(11-2)28(23)30-33-22(8)26(31(34-30)35(9)29(20(5)6)32(36)37)18-38-27-17-25(19(3)4)16-15-21(27)7/h12-17,19-20,29H,10-11,18H2,1-9H3,(H,36,37)/t29-/m0/s1/i9D. The van der Waals surface area contributed by atoms with Crippen molar-refractivity contribution in [3.8, 4) is 17.1 Å². The Morgan fingerprint density at radius 3 is 2.24 bits per heavy atom. The van der Waals surface area contributed by atoms with Crippen LogP contribution in [0.25, 0.3) is 11.4 Å². The third kappa shape index (κ3) is 6.17. The third-order valence-corrected chi connectivity index (χ3v) is 7.16. The number of hydrogen-bond donors (Lipinski definition) is 1. The Morgan fingerprint density at radius 2 is 1.71 bits per heavy atom. The molecule has 0 radical (unpaired) electrons. The van der Waals surface area contributed by atoms with Gasteiger partial charge in [0.25, 0.3) is 0 Å². The second-order valence-corrected chi connectivity index (χ2v) is 10.6. The number of nitrogens with zero attached hydrogens (tertiary/aromatic N) is 3. The van der Waals surface area contributed by atoms with Crippen LogP contribution in [0.3, 0.4) is 0 Å².